The van der Waals surface area contributed by atoms with E-state index in [0.717, 1.165) is 0 Å². The lowest BCUT2D eigenvalue weighted by Gasteiger charge is -2.01. The molecule has 0 atom stereocenters. The van der Waals surface area contributed by atoms with Crippen LogP contribution in [0.4, 0.5) is 11.5 Å². The smallest absolute Gasteiger partial charge is 0.174 e. The van der Waals surface area contributed by atoms with Crippen LogP contribution in [0, 0.1) is 0 Å². The van der Waals surface area contributed by atoms with Crippen molar-refractivity contribution in [2.75, 3.05) is 0 Å². The summed E-state index contributed by atoms with van der Waals surface area (Å²) >= 11 is 0. The second kappa shape index (κ2) is 4.81. The predicted molar refractivity (Wildman–Crippen MR) is 71.8 cm³/mol. The fourth-order valence-corrected chi connectivity index (χ4v) is 1.74. The quantitative estimate of drug-likeness (QED) is 0.704. The zero-order chi connectivity index (χ0) is 13.1. The highest BCUT2D eigenvalue weighted by Gasteiger charge is 2.05. The van der Waals surface area contributed by atoms with E-state index >= 15 is 0 Å². The van der Waals surface area contributed by atoms with Gasteiger partial charge in [-0.1, -0.05) is 6.07 Å². The first-order valence-electron chi connectivity index (χ1n) is 5.74. The third kappa shape index (κ3) is 2.26. The normalized spacial score (nSPS) is 11.2. The monoisotopic (exact) mass is 250 g/mol. The molecule has 0 fully saturated rings. The molecule has 2 aromatic heterocycles. The van der Waals surface area contributed by atoms with Gasteiger partial charge in [-0.2, -0.15) is 0 Å². The molecule has 0 amide bonds. The van der Waals surface area contributed by atoms with Crippen LogP contribution in [0.2, 0.25) is 0 Å². The molecule has 5 nitrogen and oxygen atoms in total. The number of nitrogens with zero attached hydrogens (tertiary/aromatic N) is 4. The summed E-state index contributed by atoms with van der Waals surface area (Å²) in [6, 6.07) is 12.2. The highest BCUT2D eigenvalue weighted by atomic mass is 16.3. The number of rotatable bonds is 2. The maximum absolute atomic E-state index is 9.76. The Kier molecular flexibility index (Phi) is 2.86. The maximum atomic E-state index is 9.76. The number of benzene rings is 1. The summed E-state index contributed by atoms with van der Waals surface area (Å²) in [7, 11) is 0. The van der Waals surface area contributed by atoms with Crippen LogP contribution in [0.15, 0.2) is 65.1 Å². The summed E-state index contributed by atoms with van der Waals surface area (Å²) in [6.45, 7) is 0. The Balaban J connectivity index is 2.07. The molecule has 2 heterocycles. The number of hydrogen-bond acceptors (Lipinski definition) is 5. The van der Waals surface area contributed by atoms with Gasteiger partial charge in [0.25, 0.3) is 0 Å². The van der Waals surface area contributed by atoms with Crippen LogP contribution in [-0.2, 0) is 0 Å². The van der Waals surface area contributed by atoms with Crippen LogP contribution in [0.3, 0.4) is 0 Å². The van der Waals surface area contributed by atoms with Gasteiger partial charge in [-0.3, -0.25) is 4.98 Å². The minimum absolute atomic E-state index is 0.180. The van der Waals surface area contributed by atoms with E-state index in [9.17, 15) is 5.11 Å². The number of phenols is 1. The van der Waals surface area contributed by atoms with Gasteiger partial charge in [0.15, 0.2) is 5.82 Å². The van der Waals surface area contributed by atoms with Crippen molar-refractivity contribution in [3.63, 3.8) is 0 Å². The number of fused-ring (bicyclic) bond motifs is 1. The maximum Gasteiger partial charge on any atom is 0.174 e. The Hall–Kier alpha value is -2.82. The van der Waals surface area contributed by atoms with Crippen molar-refractivity contribution in [3.8, 4) is 5.75 Å². The summed E-state index contributed by atoms with van der Waals surface area (Å²) in [4.78, 5) is 8.28. The van der Waals surface area contributed by atoms with Crippen LogP contribution in [0.25, 0.3) is 10.9 Å². The van der Waals surface area contributed by atoms with Crippen LogP contribution in [-0.4, -0.2) is 15.1 Å². The Morgan fingerprint density at radius 1 is 0.842 bits per heavy atom. The van der Waals surface area contributed by atoms with Gasteiger partial charge in [-0.15, -0.1) is 10.2 Å². The highest BCUT2D eigenvalue weighted by molar-refractivity contribution is 5.93. The van der Waals surface area contributed by atoms with Gasteiger partial charge in [-0.25, -0.2) is 4.98 Å². The average Bonchev–Trinajstić information content (AvgIpc) is 2.48. The molecule has 0 saturated heterocycles. The molecule has 0 unspecified atom stereocenters. The molecule has 19 heavy (non-hydrogen) atoms. The second-order valence-electron chi connectivity index (χ2n) is 3.89. The standard InChI is InChI=1S/C14H10N4O/c19-12-7-6-11(14-10(12)4-3-9-16-14)17-18-13-5-1-2-8-15-13/h1-9,19H. The Morgan fingerprint density at radius 3 is 2.58 bits per heavy atom. The molecule has 0 bridgehead atoms. The molecule has 1 N–H and O–H groups in total. The molecule has 0 saturated carbocycles. The molecular weight excluding hydrogens is 240 g/mol. The van der Waals surface area contributed by atoms with Crippen molar-refractivity contribution < 1.29 is 5.11 Å². The zero-order valence-electron chi connectivity index (χ0n) is 9.93. The zero-order valence-corrected chi connectivity index (χ0v) is 9.93. The molecule has 5 heteroatoms. The average molecular weight is 250 g/mol. The third-order valence-corrected chi connectivity index (χ3v) is 2.63. The summed E-state index contributed by atoms with van der Waals surface area (Å²) in [5.74, 6) is 0.708. The van der Waals surface area contributed by atoms with Gasteiger partial charge in [-0.05, 0) is 36.4 Å². The second-order valence-corrected chi connectivity index (χ2v) is 3.89. The SMILES string of the molecule is Oc1ccc(N=Nc2ccccn2)c2ncccc12. The van der Waals surface area contributed by atoms with E-state index in [2.05, 4.69) is 20.2 Å². The van der Waals surface area contributed by atoms with E-state index in [1.807, 2.05) is 12.1 Å². The van der Waals surface area contributed by atoms with Crippen LogP contribution in [0.1, 0.15) is 0 Å². The van der Waals surface area contributed by atoms with E-state index in [4.69, 9.17) is 0 Å². The lowest BCUT2D eigenvalue weighted by Crippen LogP contribution is -1.79. The van der Waals surface area contributed by atoms with Gasteiger partial charge in [0.1, 0.15) is 17.0 Å². The molecule has 0 aliphatic rings. The van der Waals surface area contributed by atoms with Crippen molar-refractivity contribution in [2.45, 2.75) is 0 Å². The van der Waals surface area contributed by atoms with Crippen LogP contribution >= 0.6 is 0 Å². The first kappa shape index (κ1) is 11.3. The summed E-state index contributed by atoms with van der Waals surface area (Å²) in [6.07, 6.45) is 3.31. The van der Waals surface area contributed by atoms with E-state index in [1.165, 1.54) is 0 Å². The lowest BCUT2D eigenvalue weighted by molar-refractivity contribution is 0.481. The van der Waals surface area contributed by atoms with E-state index < -0.39 is 0 Å². The topological polar surface area (TPSA) is 70.7 Å². The first-order chi connectivity index (χ1) is 9.34. The van der Waals surface area contributed by atoms with Crippen molar-refractivity contribution >= 4 is 22.4 Å². The fraction of sp³-hybridized carbons (Fsp3) is 0. The molecule has 3 aromatic rings. The number of aromatic nitrogens is 2. The third-order valence-electron chi connectivity index (χ3n) is 2.63. The van der Waals surface area contributed by atoms with Gasteiger partial charge in [0, 0.05) is 17.8 Å². The highest BCUT2D eigenvalue weighted by Crippen LogP contribution is 2.31. The van der Waals surface area contributed by atoms with Crippen molar-refractivity contribution in [2.24, 2.45) is 10.2 Å². The fourth-order valence-electron chi connectivity index (χ4n) is 1.74. The lowest BCUT2D eigenvalue weighted by atomic mass is 10.2. The minimum Gasteiger partial charge on any atom is -0.507 e. The molecular formula is C14H10N4O. The van der Waals surface area contributed by atoms with E-state index in [1.54, 1.807) is 42.7 Å². The van der Waals surface area contributed by atoms with Gasteiger partial charge < -0.3 is 5.11 Å². The number of aromatic hydroxyl groups is 1. The molecule has 0 radical (unpaired) electrons. The molecule has 0 aliphatic carbocycles. The van der Waals surface area contributed by atoms with E-state index in [0.29, 0.717) is 22.4 Å². The van der Waals surface area contributed by atoms with Gasteiger partial charge in [0.2, 0.25) is 0 Å². The summed E-state index contributed by atoms with van der Waals surface area (Å²) < 4.78 is 0. The summed E-state index contributed by atoms with van der Waals surface area (Å²) in [5, 5.41) is 18.6. The Labute approximate surface area is 109 Å². The number of pyridine rings is 2. The van der Waals surface area contributed by atoms with Gasteiger partial charge in [0.05, 0.1) is 0 Å². The minimum atomic E-state index is 0.180. The van der Waals surface area contributed by atoms with E-state index in [-0.39, 0.29) is 5.75 Å². The molecule has 1 aromatic carbocycles. The first-order valence-corrected chi connectivity index (χ1v) is 5.74. The molecule has 3 rings (SSSR count). The van der Waals surface area contributed by atoms with Crippen molar-refractivity contribution in [3.05, 3.63) is 54.9 Å². The van der Waals surface area contributed by atoms with Crippen molar-refractivity contribution in [1.29, 1.82) is 0 Å². The largest absolute Gasteiger partial charge is 0.507 e. The van der Waals surface area contributed by atoms with Crippen LogP contribution < -0.4 is 0 Å². The predicted octanol–water partition coefficient (Wildman–Crippen LogP) is 3.75. The Bertz CT molecular complexity index is 741. The van der Waals surface area contributed by atoms with Gasteiger partial charge >= 0.3 is 0 Å². The number of phenolic OH excluding ortho intramolecular Hbond substituents is 1. The summed E-state index contributed by atoms with van der Waals surface area (Å²) in [5.41, 5.74) is 1.21. The number of hydrogen-bond donors (Lipinski definition) is 1. The van der Waals surface area contributed by atoms with Crippen molar-refractivity contribution in [1.82, 2.24) is 9.97 Å². The molecule has 92 valence electrons. The van der Waals surface area contributed by atoms with Crippen LogP contribution in [0.5, 0.6) is 5.75 Å². The Morgan fingerprint density at radius 2 is 1.74 bits per heavy atom. The number of azo groups is 1. The molecule has 0 aliphatic heterocycles. The molecule has 0 spiro atoms.